The zero-order valence-electron chi connectivity index (χ0n) is 37.3. The van der Waals surface area contributed by atoms with Gasteiger partial charge in [-0.25, -0.2) is 15.0 Å². The Balaban J connectivity index is 0.887. The van der Waals surface area contributed by atoms with Crippen LogP contribution < -0.4 is 0 Å². The quantitative estimate of drug-likeness (QED) is 0.135. The molecule has 0 fully saturated rings. The summed E-state index contributed by atoms with van der Waals surface area (Å²) in [6.45, 7) is 0. The number of hydrogen-bond acceptors (Lipinski definition) is 5. The molecule has 3 heterocycles. The van der Waals surface area contributed by atoms with E-state index in [2.05, 4.69) is 188 Å². The Morgan fingerprint density at radius 3 is 1.29 bits per heavy atom. The van der Waals surface area contributed by atoms with Crippen LogP contribution >= 0.6 is 0 Å². The Bertz CT molecular complexity index is 3880. The predicted octanol–water partition coefficient (Wildman–Crippen LogP) is 16.4. The molecule has 0 unspecified atom stereocenters. The molecule has 13 rings (SSSR count). The van der Waals surface area contributed by atoms with Crippen molar-refractivity contribution < 1.29 is 8.83 Å². The van der Waals surface area contributed by atoms with Crippen LogP contribution in [0.4, 0.5) is 0 Å². The van der Waals surface area contributed by atoms with E-state index >= 15 is 0 Å². The third-order valence-electron chi connectivity index (χ3n) is 13.5. The first-order valence-electron chi connectivity index (χ1n) is 23.2. The first kappa shape index (κ1) is 40.1. The van der Waals surface area contributed by atoms with Gasteiger partial charge in [0.15, 0.2) is 17.5 Å². The van der Waals surface area contributed by atoms with Gasteiger partial charge in [-0.2, -0.15) is 0 Å². The smallest absolute Gasteiger partial charge is 0.164 e. The van der Waals surface area contributed by atoms with Gasteiger partial charge >= 0.3 is 0 Å². The highest BCUT2D eigenvalue weighted by Crippen LogP contribution is 2.46. The second-order valence-electron chi connectivity index (χ2n) is 17.4. The van der Waals surface area contributed by atoms with Gasteiger partial charge in [-0.1, -0.05) is 218 Å². The van der Waals surface area contributed by atoms with Crippen LogP contribution in [0.2, 0.25) is 0 Å². The second-order valence-corrected chi connectivity index (χ2v) is 17.4. The van der Waals surface area contributed by atoms with E-state index in [4.69, 9.17) is 23.8 Å². The van der Waals surface area contributed by atoms with Gasteiger partial charge in [0.1, 0.15) is 22.3 Å². The third-order valence-corrected chi connectivity index (χ3v) is 13.5. The fourth-order valence-electron chi connectivity index (χ4n) is 10.3. The summed E-state index contributed by atoms with van der Waals surface area (Å²) < 4.78 is 12.8. The van der Waals surface area contributed by atoms with Crippen molar-refractivity contribution in [2.45, 2.75) is 5.41 Å². The lowest BCUT2D eigenvalue weighted by Crippen LogP contribution is -2.30. The highest BCUT2D eigenvalue weighted by Gasteiger charge is 2.38. The molecule has 0 radical (unpaired) electrons. The van der Waals surface area contributed by atoms with E-state index in [1.54, 1.807) is 0 Å². The minimum Gasteiger partial charge on any atom is -0.456 e. The molecule has 0 aliphatic heterocycles. The Labute approximate surface area is 398 Å². The minimum absolute atomic E-state index is 0.516. The van der Waals surface area contributed by atoms with E-state index in [-0.39, 0.29) is 0 Å². The van der Waals surface area contributed by atoms with Crippen LogP contribution in [0, 0.1) is 0 Å². The van der Waals surface area contributed by atoms with Crippen LogP contribution in [0.15, 0.2) is 258 Å². The van der Waals surface area contributed by atoms with Gasteiger partial charge in [0.2, 0.25) is 0 Å². The fraction of sp³-hybridized carbons (Fsp3) is 0.0156. The highest BCUT2D eigenvalue weighted by molar-refractivity contribution is 6.14. The van der Waals surface area contributed by atoms with E-state index in [1.807, 2.05) is 60.7 Å². The van der Waals surface area contributed by atoms with Crippen molar-refractivity contribution in [3.8, 4) is 56.4 Å². The van der Waals surface area contributed by atoms with Gasteiger partial charge in [0, 0.05) is 38.2 Å². The molecule has 0 saturated carbocycles. The Morgan fingerprint density at radius 1 is 0.261 bits per heavy atom. The van der Waals surface area contributed by atoms with Crippen molar-refractivity contribution in [3.05, 3.63) is 271 Å². The standard InChI is InChI=1S/C64H41N3O2/c1-5-17-44(18-6-1)61-65-62(67-63(66-61)53-27-16-30-58-60(53)52-25-13-14-28-55(52)68-58)45-33-31-43(32-34-45)51-26-15-29-57-59(51)54-41-46(37-40-56(54)69-57)42-35-38-50(39-36-42)64(47-19-7-2-8-20-47,48-21-9-3-10-22-48)49-23-11-4-12-24-49/h1-41H. The maximum Gasteiger partial charge on any atom is 0.164 e. The largest absolute Gasteiger partial charge is 0.456 e. The summed E-state index contributed by atoms with van der Waals surface area (Å²) in [5.74, 6) is 1.78. The van der Waals surface area contributed by atoms with E-state index in [0.29, 0.717) is 17.5 Å². The summed E-state index contributed by atoms with van der Waals surface area (Å²) in [7, 11) is 0. The molecular formula is C64H41N3O2. The summed E-state index contributed by atoms with van der Waals surface area (Å²) in [4.78, 5) is 15.3. The summed E-state index contributed by atoms with van der Waals surface area (Å²) in [6, 6.07) is 87.2. The first-order valence-corrected chi connectivity index (χ1v) is 23.2. The van der Waals surface area contributed by atoms with Crippen molar-refractivity contribution in [1.82, 2.24) is 15.0 Å². The zero-order valence-corrected chi connectivity index (χ0v) is 37.3. The third kappa shape index (κ3) is 6.82. The lowest BCUT2D eigenvalue weighted by Gasteiger charge is -2.37. The van der Waals surface area contributed by atoms with Gasteiger partial charge in [-0.3, -0.25) is 0 Å². The molecule has 0 saturated heterocycles. The topological polar surface area (TPSA) is 65.0 Å². The average Bonchev–Trinajstić information content (AvgIpc) is 4.01. The molecule has 0 spiro atoms. The van der Waals surface area contributed by atoms with Crippen LogP contribution in [0.25, 0.3) is 100 Å². The molecule has 0 bridgehead atoms. The number of para-hydroxylation sites is 1. The van der Waals surface area contributed by atoms with Gasteiger partial charge in [0.05, 0.1) is 5.41 Å². The van der Waals surface area contributed by atoms with Crippen molar-refractivity contribution in [2.24, 2.45) is 0 Å². The Hall–Kier alpha value is -9.19. The molecule has 0 amide bonds. The normalized spacial score (nSPS) is 11.8. The molecule has 0 aliphatic carbocycles. The lowest BCUT2D eigenvalue weighted by atomic mass is 9.65. The van der Waals surface area contributed by atoms with Crippen molar-refractivity contribution >= 4 is 43.9 Å². The molecular weight excluding hydrogens is 843 g/mol. The van der Waals surface area contributed by atoms with Crippen molar-refractivity contribution in [2.75, 3.05) is 0 Å². The maximum atomic E-state index is 6.54. The number of aromatic nitrogens is 3. The number of rotatable bonds is 9. The van der Waals surface area contributed by atoms with E-state index in [0.717, 1.165) is 82.8 Å². The van der Waals surface area contributed by atoms with E-state index < -0.39 is 5.41 Å². The van der Waals surface area contributed by atoms with Crippen LogP contribution in [-0.2, 0) is 5.41 Å². The average molecular weight is 884 g/mol. The Morgan fingerprint density at radius 2 is 0.681 bits per heavy atom. The lowest BCUT2D eigenvalue weighted by molar-refractivity contribution is 0.668. The van der Waals surface area contributed by atoms with Crippen LogP contribution in [0.5, 0.6) is 0 Å². The number of fused-ring (bicyclic) bond motifs is 6. The van der Waals surface area contributed by atoms with Gasteiger partial charge in [0.25, 0.3) is 0 Å². The van der Waals surface area contributed by atoms with Crippen LogP contribution in [0.1, 0.15) is 22.3 Å². The highest BCUT2D eigenvalue weighted by atomic mass is 16.3. The zero-order chi connectivity index (χ0) is 45.7. The molecule has 5 nitrogen and oxygen atoms in total. The number of nitrogens with zero attached hydrogens (tertiary/aromatic N) is 3. The molecule has 324 valence electrons. The molecule has 0 atom stereocenters. The van der Waals surface area contributed by atoms with Gasteiger partial charge < -0.3 is 8.83 Å². The number of benzene rings is 10. The molecule has 5 heteroatoms. The molecule has 69 heavy (non-hydrogen) atoms. The van der Waals surface area contributed by atoms with E-state index in [9.17, 15) is 0 Å². The SMILES string of the molecule is c1ccc(-c2nc(-c3ccc(-c4cccc5oc6ccc(-c7ccc(C(c8ccccc8)(c8ccccc8)c8ccccc8)cc7)cc6c45)cc3)nc(-c3cccc4oc5ccccc5c34)n2)cc1. The predicted molar refractivity (Wildman–Crippen MR) is 280 cm³/mol. The maximum absolute atomic E-state index is 6.54. The van der Waals surface area contributed by atoms with Crippen molar-refractivity contribution in [3.63, 3.8) is 0 Å². The second kappa shape index (κ2) is 16.6. The van der Waals surface area contributed by atoms with Crippen LogP contribution in [0.3, 0.4) is 0 Å². The summed E-state index contributed by atoms with van der Waals surface area (Å²) in [5, 5.41) is 4.14. The number of hydrogen-bond donors (Lipinski definition) is 0. The van der Waals surface area contributed by atoms with Crippen molar-refractivity contribution in [1.29, 1.82) is 0 Å². The molecule has 0 aliphatic rings. The Kier molecular flexibility index (Phi) is 9.65. The molecule has 13 aromatic rings. The molecule has 10 aromatic carbocycles. The fourth-order valence-corrected chi connectivity index (χ4v) is 10.3. The summed E-state index contributed by atoms with van der Waals surface area (Å²) >= 11 is 0. The minimum atomic E-state index is -0.516. The summed E-state index contributed by atoms with van der Waals surface area (Å²) in [5.41, 5.74) is 14.7. The molecule has 3 aromatic heterocycles. The first-order chi connectivity index (χ1) is 34.2. The van der Waals surface area contributed by atoms with Gasteiger partial charge in [-0.15, -0.1) is 0 Å². The summed E-state index contributed by atoms with van der Waals surface area (Å²) in [6.07, 6.45) is 0. The van der Waals surface area contributed by atoms with Crippen LogP contribution in [-0.4, -0.2) is 15.0 Å². The van der Waals surface area contributed by atoms with Gasteiger partial charge in [-0.05, 0) is 74.8 Å². The monoisotopic (exact) mass is 883 g/mol. The van der Waals surface area contributed by atoms with E-state index in [1.165, 1.54) is 22.3 Å². The molecule has 0 N–H and O–H groups in total. The number of furan rings is 2.